The van der Waals surface area contributed by atoms with Crippen molar-refractivity contribution >= 4 is 34.5 Å². The number of carbonyl (C=O) groups is 1. The first-order chi connectivity index (χ1) is 14.5. The molecule has 3 atom stereocenters. The van der Waals surface area contributed by atoms with Crippen molar-refractivity contribution in [2.24, 2.45) is 15.2 Å². The van der Waals surface area contributed by atoms with Crippen LogP contribution in [-0.2, 0) is 4.79 Å². The van der Waals surface area contributed by atoms with Gasteiger partial charge in [-0.05, 0) is 19.2 Å². The lowest BCUT2D eigenvalue weighted by Crippen LogP contribution is -2.47. The van der Waals surface area contributed by atoms with Crippen molar-refractivity contribution in [2.45, 2.75) is 42.4 Å². The summed E-state index contributed by atoms with van der Waals surface area (Å²) in [6.45, 7) is 0.547. The normalized spacial score (nSPS) is 26.9. The van der Waals surface area contributed by atoms with E-state index in [4.69, 9.17) is 11.4 Å². The maximum Gasteiger partial charge on any atom is 0.238 e. The Bertz CT molecular complexity index is 907. The van der Waals surface area contributed by atoms with Crippen LogP contribution < -0.4 is 5.32 Å². The second-order valence-electron chi connectivity index (χ2n) is 7.66. The van der Waals surface area contributed by atoms with E-state index in [9.17, 15) is 9.90 Å². The van der Waals surface area contributed by atoms with E-state index in [-0.39, 0.29) is 34.8 Å². The zero-order chi connectivity index (χ0) is 21.1. The fraction of sp³-hybridized carbons (Fsp3) is 0.524. The Labute approximate surface area is 185 Å². The molecule has 30 heavy (non-hydrogen) atoms. The van der Waals surface area contributed by atoms with Gasteiger partial charge in [0.1, 0.15) is 10.8 Å². The molecule has 0 saturated carbocycles. The van der Waals surface area contributed by atoms with E-state index >= 15 is 0 Å². The van der Waals surface area contributed by atoms with Gasteiger partial charge in [-0.2, -0.15) is 10.2 Å². The zero-order valence-electron chi connectivity index (χ0n) is 16.8. The summed E-state index contributed by atoms with van der Waals surface area (Å²) in [4.78, 5) is 19.7. The molecular formula is C21H25N5O2S2. The summed E-state index contributed by atoms with van der Waals surface area (Å²) >= 11 is 3.43. The van der Waals surface area contributed by atoms with Crippen LogP contribution in [0.4, 0.5) is 0 Å². The number of phenolic OH excluding ortho intramolecular Hbond substituents is 1. The lowest BCUT2D eigenvalue weighted by molar-refractivity contribution is -0.125. The highest BCUT2D eigenvalue weighted by Gasteiger charge is 2.42. The number of benzene rings is 1. The van der Waals surface area contributed by atoms with Gasteiger partial charge >= 0.3 is 0 Å². The molecule has 3 aliphatic rings. The van der Waals surface area contributed by atoms with Crippen molar-refractivity contribution in [1.29, 1.82) is 0 Å². The quantitative estimate of drug-likeness (QED) is 0.603. The average molecular weight is 444 g/mol. The van der Waals surface area contributed by atoms with E-state index in [2.05, 4.69) is 26.4 Å². The Hall–Kier alpha value is -2.02. The standard InChI is InChI=1S/C21H25N5O2S2/c1-3-4-9-21(24-25-21)10-11-22-18(28)16-13-30-20(26(16)2)15-12-29-19(23-15)14-7-5-6-8-17(14)27/h1,5-8,15-16,20,27H,4,9-13H2,2H3,(H,22,28)/t15-,16-,20-/m0/s1. The molecule has 0 bridgehead atoms. The minimum Gasteiger partial charge on any atom is -0.507 e. The highest BCUT2D eigenvalue weighted by atomic mass is 32.2. The Morgan fingerprint density at radius 2 is 2.17 bits per heavy atom. The number of rotatable bonds is 8. The number of aliphatic imine (C=N–C) groups is 1. The number of terminal acetylenes is 1. The summed E-state index contributed by atoms with van der Waals surface area (Å²) in [6, 6.07) is 7.20. The van der Waals surface area contributed by atoms with Gasteiger partial charge in [0.15, 0.2) is 5.66 Å². The third-order valence-corrected chi connectivity index (χ3v) is 8.24. The molecule has 0 radical (unpaired) electrons. The molecule has 1 saturated heterocycles. The lowest BCUT2D eigenvalue weighted by atomic mass is 10.0. The molecule has 0 aliphatic carbocycles. The molecule has 3 aliphatic heterocycles. The van der Waals surface area contributed by atoms with Gasteiger partial charge in [-0.3, -0.25) is 14.7 Å². The van der Waals surface area contributed by atoms with Gasteiger partial charge in [0.25, 0.3) is 0 Å². The maximum absolute atomic E-state index is 12.7. The highest BCUT2D eigenvalue weighted by molar-refractivity contribution is 8.14. The van der Waals surface area contributed by atoms with E-state index in [1.807, 2.05) is 25.2 Å². The molecule has 3 heterocycles. The molecule has 1 aromatic carbocycles. The Kier molecular flexibility index (Phi) is 6.37. The van der Waals surface area contributed by atoms with Crippen molar-refractivity contribution in [1.82, 2.24) is 10.2 Å². The number of hydrogen-bond donors (Lipinski definition) is 2. The largest absolute Gasteiger partial charge is 0.507 e. The number of amides is 1. The fourth-order valence-electron chi connectivity index (χ4n) is 3.75. The van der Waals surface area contributed by atoms with Gasteiger partial charge in [-0.15, -0.1) is 35.9 Å². The zero-order valence-corrected chi connectivity index (χ0v) is 18.5. The number of nitrogens with zero attached hydrogens (tertiary/aromatic N) is 4. The van der Waals surface area contributed by atoms with Crippen LogP contribution in [0.15, 0.2) is 39.5 Å². The van der Waals surface area contributed by atoms with Crippen molar-refractivity contribution in [2.75, 3.05) is 25.1 Å². The van der Waals surface area contributed by atoms with Crippen LogP contribution in [0.1, 0.15) is 24.8 Å². The van der Waals surface area contributed by atoms with Crippen LogP contribution in [-0.4, -0.2) is 69.2 Å². The monoisotopic (exact) mass is 443 g/mol. The highest BCUT2D eigenvalue weighted by Crippen LogP contribution is 2.38. The molecule has 2 N–H and O–H groups in total. The van der Waals surface area contributed by atoms with Crippen LogP contribution in [0.5, 0.6) is 5.75 Å². The van der Waals surface area contributed by atoms with Gasteiger partial charge in [0.05, 0.1) is 17.5 Å². The summed E-state index contributed by atoms with van der Waals surface area (Å²) in [5, 5.41) is 22.4. The second kappa shape index (κ2) is 9.00. The first kappa shape index (κ1) is 21.2. The third-order valence-electron chi connectivity index (χ3n) is 5.64. The van der Waals surface area contributed by atoms with Gasteiger partial charge in [0.2, 0.25) is 5.91 Å². The maximum atomic E-state index is 12.7. The van der Waals surface area contributed by atoms with Crippen molar-refractivity contribution in [3.63, 3.8) is 0 Å². The average Bonchev–Trinajstić information content (AvgIpc) is 3.15. The Morgan fingerprint density at radius 3 is 2.90 bits per heavy atom. The third kappa shape index (κ3) is 4.51. The summed E-state index contributed by atoms with van der Waals surface area (Å²) in [6.07, 6.45) is 7.41. The molecule has 158 valence electrons. The molecule has 0 spiro atoms. The van der Waals surface area contributed by atoms with Crippen molar-refractivity contribution in [3.05, 3.63) is 29.8 Å². The molecule has 1 fully saturated rings. The predicted molar refractivity (Wildman–Crippen MR) is 122 cm³/mol. The predicted octanol–water partition coefficient (Wildman–Crippen LogP) is 2.71. The molecule has 4 rings (SSSR count). The smallest absolute Gasteiger partial charge is 0.238 e. The van der Waals surface area contributed by atoms with Crippen LogP contribution >= 0.6 is 23.5 Å². The number of thioether (sulfide) groups is 2. The van der Waals surface area contributed by atoms with Crippen LogP contribution in [0.3, 0.4) is 0 Å². The molecule has 1 aromatic rings. The van der Waals surface area contributed by atoms with E-state index in [0.717, 1.165) is 28.5 Å². The summed E-state index contributed by atoms with van der Waals surface area (Å²) < 4.78 is 0. The van der Waals surface area contributed by atoms with Crippen LogP contribution in [0.2, 0.25) is 0 Å². The van der Waals surface area contributed by atoms with Crippen molar-refractivity contribution < 1.29 is 9.90 Å². The van der Waals surface area contributed by atoms with Gasteiger partial charge in [-0.1, -0.05) is 12.1 Å². The molecule has 9 heteroatoms. The van der Waals surface area contributed by atoms with E-state index in [1.165, 1.54) is 0 Å². The van der Waals surface area contributed by atoms with Gasteiger partial charge < -0.3 is 10.4 Å². The first-order valence-corrected chi connectivity index (χ1v) is 12.0. The summed E-state index contributed by atoms with van der Waals surface area (Å²) in [7, 11) is 1.99. The van der Waals surface area contributed by atoms with Gasteiger partial charge in [-0.25, -0.2) is 0 Å². The fourth-order valence-corrected chi connectivity index (χ4v) is 6.53. The minimum absolute atomic E-state index is 0.0378. The van der Waals surface area contributed by atoms with Crippen LogP contribution in [0.25, 0.3) is 0 Å². The molecule has 0 aromatic heterocycles. The molecule has 0 unspecified atom stereocenters. The molecule has 7 nitrogen and oxygen atoms in total. The Balaban J connectivity index is 1.30. The number of hydrogen-bond acceptors (Lipinski definition) is 8. The number of nitrogens with one attached hydrogen (secondary N) is 1. The van der Waals surface area contributed by atoms with Crippen molar-refractivity contribution in [3.8, 4) is 18.1 Å². The first-order valence-electron chi connectivity index (χ1n) is 10.0. The minimum atomic E-state index is -0.367. The number of carbonyl (C=O) groups excluding carboxylic acids is 1. The summed E-state index contributed by atoms with van der Waals surface area (Å²) in [5.41, 5.74) is 0.410. The van der Waals surface area contributed by atoms with E-state index < -0.39 is 0 Å². The number of para-hydroxylation sites is 1. The SMILES string of the molecule is C#CCCC1(CCNC(=O)[C@@H]2CS[C@@H]([C@@H]3CSC(c4ccccc4O)=N3)N2C)N=N1. The lowest BCUT2D eigenvalue weighted by Gasteiger charge is -2.26. The molecular weight excluding hydrogens is 418 g/mol. The van der Waals surface area contributed by atoms with E-state index in [0.29, 0.717) is 19.4 Å². The van der Waals surface area contributed by atoms with Gasteiger partial charge in [0, 0.05) is 42.9 Å². The Morgan fingerprint density at radius 1 is 1.37 bits per heavy atom. The summed E-state index contributed by atoms with van der Waals surface area (Å²) in [5.74, 6) is 4.50. The number of likely N-dealkylation sites (N-methyl/N-ethyl adjacent to an activating group) is 1. The molecule has 1 amide bonds. The topological polar surface area (TPSA) is 89.6 Å². The number of phenols is 1. The van der Waals surface area contributed by atoms with Crippen LogP contribution in [0, 0.1) is 12.3 Å². The second-order valence-corrected chi connectivity index (χ2v) is 9.82. The van der Waals surface area contributed by atoms with E-state index in [1.54, 1.807) is 29.6 Å². The number of aromatic hydroxyl groups is 1.